The van der Waals surface area contributed by atoms with Crippen molar-refractivity contribution < 1.29 is 9.59 Å². The van der Waals surface area contributed by atoms with Crippen LogP contribution in [0.3, 0.4) is 0 Å². The molecule has 2 amide bonds. The van der Waals surface area contributed by atoms with Crippen molar-refractivity contribution in [2.24, 2.45) is 0 Å². The van der Waals surface area contributed by atoms with Gasteiger partial charge in [-0.25, -0.2) is 0 Å². The number of benzene rings is 1. The molecular weight excluding hydrogens is 388 g/mol. The molecule has 0 aliphatic carbocycles. The number of carbonyl (C=O) groups excluding carboxylic acids is 2. The fraction of sp³-hybridized carbons (Fsp3) is 0.520. The predicted molar refractivity (Wildman–Crippen MR) is 123 cm³/mol. The number of likely N-dealkylation sites (tertiary alicyclic amines) is 1. The van der Waals surface area contributed by atoms with Gasteiger partial charge in [0.15, 0.2) is 0 Å². The molecule has 6 nitrogen and oxygen atoms in total. The van der Waals surface area contributed by atoms with E-state index in [1.807, 2.05) is 22.8 Å². The zero-order chi connectivity index (χ0) is 22.0. The van der Waals surface area contributed by atoms with E-state index in [1.54, 1.807) is 0 Å². The predicted octanol–water partition coefficient (Wildman–Crippen LogP) is 3.17. The monoisotopic (exact) mass is 422 g/mol. The van der Waals surface area contributed by atoms with Crippen molar-refractivity contribution in [3.63, 3.8) is 0 Å². The average Bonchev–Trinajstić information content (AvgIpc) is 3.31. The molecule has 0 N–H and O–H groups in total. The molecule has 2 aromatic rings. The topological polar surface area (TPSA) is 48.8 Å². The van der Waals surface area contributed by atoms with Gasteiger partial charge in [0.2, 0.25) is 5.91 Å². The molecule has 0 spiro atoms. The second kappa shape index (κ2) is 9.27. The Balaban J connectivity index is 1.44. The molecule has 0 saturated carbocycles. The van der Waals surface area contributed by atoms with Crippen molar-refractivity contribution in [3.05, 3.63) is 52.8 Å². The summed E-state index contributed by atoms with van der Waals surface area (Å²) < 4.78 is 2.17. The molecule has 0 atom stereocenters. The van der Waals surface area contributed by atoms with E-state index in [2.05, 4.69) is 47.6 Å². The van der Waals surface area contributed by atoms with Crippen molar-refractivity contribution in [1.82, 2.24) is 19.3 Å². The minimum absolute atomic E-state index is 0.0970. The molecule has 2 aliphatic heterocycles. The number of nitrogens with zero attached hydrogens (tertiary/aromatic N) is 4. The number of amides is 2. The van der Waals surface area contributed by atoms with Crippen molar-refractivity contribution >= 4 is 11.8 Å². The first-order valence-electron chi connectivity index (χ1n) is 11.5. The Bertz CT molecular complexity index is 958. The van der Waals surface area contributed by atoms with Crippen molar-refractivity contribution in [3.8, 4) is 5.69 Å². The van der Waals surface area contributed by atoms with Gasteiger partial charge < -0.3 is 14.4 Å². The normalized spacial score (nSPS) is 17.8. The smallest absolute Gasteiger partial charge is 0.255 e. The lowest BCUT2D eigenvalue weighted by Gasteiger charge is -2.24. The third kappa shape index (κ3) is 4.69. The van der Waals surface area contributed by atoms with Crippen molar-refractivity contribution in [2.75, 3.05) is 45.8 Å². The molecule has 4 rings (SSSR count). The van der Waals surface area contributed by atoms with Crippen LogP contribution < -0.4 is 0 Å². The van der Waals surface area contributed by atoms with E-state index in [0.717, 1.165) is 74.6 Å². The lowest BCUT2D eigenvalue weighted by molar-refractivity contribution is -0.131. The number of hydrogen-bond donors (Lipinski definition) is 0. The summed E-state index contributed by atoms with van der Waals surface area (Å²) in [5, 5.41) is 0. The van der Waals surface area contributed by atoms with E-state index in [0.29, 0.717) is 13.1 Å². The van der Waals surface area contributed by atoms with Crippen LogP contribution in [0, 0.1) is 20.8 Å². The highest BCUT2D eigenvalue weighted by Gasteiger charge is 2.26. The van der Waals surface area contributed by atoms with Gasteiger partial charge in [0, 0.05) is 56.3 Å². The van der Waals surface area contributed by atoms with Gasteiger partial charge in [-0.1, -0.05) is 12.1 Å². The molecule has 1 aromatic carbocycles. The van der Waals surface area contributed by atoms with Gasteiger partial charge in [-0.05, 0) is 63.8 Å². The molecule has 0 radical (unpaired) electrons. The number of hydrogen-bond acceptors (Lipinski definition) is 3. The SMILES string of the molecule is Cc1cccc(-n2c(C)cc(C(=O)N3CCCN(CC(=O)N4CCCC4)CC3)c2C)c1. The Labute approximate surface area is 185 Å². The first-order chi connectivity index (χ1) is 14.9. The minimum Gasteiger partial charge on any atom is -0.342 e. The molecule has 3 heterocycles. The van der Waals surface area contributed by atoms with E-state index in [1.165, 1.54) is 5.56 Å². The van der Waals surface area contributed by atoms with Gasteiger partial charge in [-0.3, -0.25) is 14.5 Å². The van der Waals surface area contributed by atoms with E-state index < -0.39 is 0 Å². The van der Waals surface area contributed by atoms with Gasteiger partial charge in [0.25, 0.3) is 5.91 Å². The standard InChI is InChI=1S/C25H34N4O2/c1-19-8-6-9-22(16-19)29-20(2)17-23(21(29)3)25(31)28-13-7-10-26(14-15-28)18-24(30)27-11-4-5-12-27/h6,8-9,16-17H,4-5,7,10-15,18H2,1-3H3. The maximum Gasteiger partial charge on any atom is 0.255 e. The summed E-state index contributed by atoms with van der Waals surface area (Å²) in [5.74, 6) is 0.332. The lowest BCUT2D eigenvalue weighted by atomic mass is 10.2. The molecule has 166 valence electrons. The third-order valence-corrected chi connectivity index (χ3v) is 6.61. The van der Waals surface area contributed by atoms with Gasteiger partial charge >= 0.3 is 0 Å². The summed E-state index contributed by atoms with van der Waals surface area (Å²) in [6.45, 7) is 11.5. The first kappa shape index (κ1) is 21.6. The van der Waals surface area contributed by atoms with E-state index in [9.17, 15) is 9.59 Å². The Morgan fingerprint density at radius 2 is 1.58 bits per heavy atom. The van der Waals surface area contributed by atoms with Gasteiger partial charge in [0.1, 0.15) is 0 Å². The Morgan fingerprint density at radius 1 is 0.839 bits per heavy atom. The van der Waals surface area contributed by atoms with Gasteiger partial charge in [0.05, 0.1) is 12.1 Å². The highest BCUT2D eigenvalue weighted by molar-refractivity contribution is 5.96. The van der Waals surface area contributed by atoms with Crippen LogP contribution in [0.2, 0.25) is 0 Å². The van der Waals surface area contributed by atoms with E-state index >= 15 is 0 Å². The number of aromatic nitrogens is 1. The quantitative estimate of drug-likeness (QED) is 0.760. The van der Waals surface area contributed by atoms with Gasteiger partial charge in [-0.15, -0.1) is 0 Å². The summed E-state index contributed by atoms with van der Waals surface area (Å²) in [5.41, 5.74) is 5.13. The van der Waals surface area contributed by atoms with Crippen LogP contribution in [0.1, 0.15) is 46.6 Å². The largest absolute Gasteiger partial charge is 0.342 e. The van der Waals surface area contributed by atoms with E-state index in [-0.39, 0.29) is 11.8 Å². The second-order valence-corrected chi connectivity index (χ2v) is 8.97. The highest BCUT2D eigenvalue weighted by Crippen LogP contribution is 2.23. The molecule has 31 heavy (non-hydrogen) atoms. The Morgan fingerprint density at radius 3 is 2.32 bits per heavy atom. The number of carbonyl (C=O) groups is 2. The maximum absolute atomic E-state index is 13.4. The molecule has 0 unspecified atom stereocenters. The minimum atomic E-state index is 0.0970. The molecule has 2 saturated heterocycles. The molecule has 2 fully saturated rings. The lowest BCUT2D eigenvalue weighted by Crippen LogP contribution is -2.41. The summed E-state index contributed by atoms with van der Waals surface area (Å²) >= 11 is 0. The average molecular weight is 423 g/mol. The number of aryl methyl sites for hydroxylation is 2. The first-order valence-corrected chi connectivity index (χ1v) is 11.5. The maximum atomic E-state index is 13.4. The molecule has 6 heteroatoms. The summed E-state index contributed by atoms with van der Waals surface area (Å²) in [6.07, 6.45) is 3.14. The van der Waals surface area contributed by atoms with Crippen LogP contribution in [-0.2, 0) is 4.79 Å². The van der Waals surface area contributed by atoms with Crippen molar-refractivity contribution in [2.45, 2.75) is 40.0 Å². The zero-order valence-corrected chi connectivity index (χ0v) is 19.1. The summed E-state index contributed by atoms with van der Waals surface area (Å²) in [6, 6.07) is 10.4. The molecule has 1 aromatic heterocycles. The van der Waals surface area contributed by atoms with Crippen LogP contribution >= 0.6 is 0 Å². The Hall–Kier alpha value is -2.60. The van der Waals surface area contributed by atoms with Crippen molar-refractivity contribution in [1.29, 1.82) is 0 Å². The summed E-state index contributed by atoms with van der Waals surface area (Å²) in [7, 11) is 0. The van der Waals surface area contributed by atoms with Crippen LogP contribution in [0.5, 0.6) is 0 Å². The highest BCUT2D eigenvalue weighted by atomic mass is 16.2. The fourth-order valence-electron chi connectivity index (χ4n) is 4.90. The molecule has 0 bridgehead atoms. The molecular formula is C25H34N4O2. The summed E-state index contributed by atoms with van der Waals surface area (Å²) in [4.78, 5) is 32.1. The fourth-order valence-corrected chi connectivity index (χ4v) is 4.90. The van der Waals surface area contributed by atoms with Gasteiger partial charge in [-0.2, -0.15) is 0 Å². The molecule has 2 aliphatic rings. The van der Waals surface area contributed by atoms with Crippen LogP contribution in [0.4, 0.5) is 0 Å². The third-order valence-electron chi connectivity index (χ3n) is 6.61. The Kier molecular flexibility index (Phi) is 6.46. The van der Waals surface area contributed by atoms with E-state index in [4.69, 9.17) is 0 Å². The van der Waals surface area contributed by atoms with Crippen LogP contribution in [0.15, 0.2) is 30.3 Å². The van der Waals surface area contributed by atoms with Crippen LogP contribution in [-0.4, -0.2) is 76.9 Å². The van der Waals surface area contributed by atoms with Crippen LogP contribution in [0.25, 0.3) is 5.69 Å². The number of rotatable bonds is 4. The second-order valence-electron chi connectivity index (χ2n) is 8.97. The zero-order valence-electron chi connectivity index (χ0n) is 19.1.